The van der Waals surface area contributed by atoms with Crippen LogP contribution in [0.1, 0.15) is 17.3 Å². The number of nitrogens with zero attached hydrogens (tertiary/aromatic N) is 8. The number of fused-ring (bicyclic) bond motifs is 1. The lowest BCUT2D eigenvalue weighted by Crippen LogP contribution is -2.46. The number of carbonyl (C=O) groups excluding carboxylic acids is 1. The van der Waals surface area contributed by atoms with Crippen LogP contribution in [0, 0.1) is 0 Å². The number of rotatable bonds is 7. The maximum Gasteiger partial charge on any atom is 0.342 e. The number of carbonyl (C=O) groups is 1. The largest absolute Gasteiger partial charge is 0.481 e. The van der Waals surface area contributed by atoms with E-state index in [0.717, 1.165) is 59.9 Å². The maximum absolute atomic E-state index is 12.8. The average molecular weight is 539 g/mol. The molecule has 0 amide bonds. The fourth-order valence-electron chi connectivity index (χ4n) is 5.03. The van der Waals surface area contributed by atoms with Crippen molar-refractivity contribution in [3.05, 3.63) is 73.1 Å². The molecule has 0 spiro atoms. The zero-order valence-corrected chi connectivity index (χ0v) is 22.7. The number of aromatic nitrogens is 6. The first kappa shape index (κ1) is 25.4. The van der Waals surface area contributed by atoms with E-state index in [9.17, 15) is 4.79 Å². The van der Waals surface area contributed by atoms with Gasteiger partial charge in [0.25, 0.3) is 0 Å². The van der Waals surface area contributed by atoms with E-state index in [4.69, 9.17) is 14.5 Å². The Kier molecular flexibility index (Phi) is 6.77. The van der Waals surface area contributed by atoms with Crippen LogP contribution >= 0.6 is 0 Å². The van der Waals surface area contributed by atoms with Crippen LogP contribution in [-0.4, -0.2) is 75.2 Å². The van der Waals surface area contributed by atoms with E-state index in [1.165, 1.54) is 0 Å². The Morgan fingerprint density at radius 2 is 1.70 bits per heavy atom. The number of esters is 1. The zero-order chi connectivity index (χ0) is 27.6. The molecule has 0 radical (unpaired) electrons. The monoisotopic (exact) mass is 538 g/mol. The van der Waals surface area contributed by atoms with Gasteiger partial charge < -0.3 is 19.3 Å². The maximum atomic E-state index is 12.8. The lowest BCUT2D eigenvalue weighted by molar-refractivity contribution is 0.0528. The fourth-order valence-corrected chi connectivity index (χ4v) is 5.03. The van der Waals surface area contributed by atoms with Gasteiger partial charge in [-0.2, -0.15) is 10.2 Å². The minimum absolute atomic E-state index is 0.289. The third-order valence-corrected chi connectivity index (χ3v) is 7.10. The summed E-state index contributed by atoms with van der Waals surface area (Å²) in [6, 6.07) is 10.1. The van der Waals surface area contributed by atoms with Crippen molar-refractivity contribution in [3.63, 3.8) is 0 Å². The number of hydrogen-bond acceptors (Lipinski definition) is 9. The third-order valence-electron chi connectivity index (χ3n) is 7.10. The molecule has 0 aromatic carbocycles. The van der Waals surface area contributed by atoms with Crippen LogP contribution < -0.4 is 14.5 Å². The molecule has 1 aliphatic rings. The quantitative estimate of drug-likeness (QED) is 0.287. The van der Waals surface area contributed by atoms with Gasteiger partial charge in [-0.05, 0) is 31.2 Å². The fraction of sp³-hybridized carbons (Fsp3) is 0.276. The number of piperazine rings is 1. The van der Waals surface area contributed by atoms with Crippen LogP contribution in [0.4, 0.5) is 11.5 Å². The van der Waals surface area contributed by atoms with Crippen molar-refractivity contribution in [1.29, 1.82) is 0 Å². The first-order valence-corrected chi connectivity index (χ1v) is 13.2. The summed E-state index contributed by atoms with van der Waals surface area (Å²) in [5.74, 6) is 1.12. The van der Waals surface area contributed by atoms with Gasteiger partial charge in [0.05, 0.1) is 43.5 Å². The van der Waals surface area contributed by atoms with Gasteiger partial charge in [-0.1, -0.05) is 0 Å². The molecule has 204 valence electrons. The molecule has 1 aliphatic heterocycles. The SMILES string of the molecule is CCOC(=O)c1cnn2cc(-c3cnn(C)c3)cc(-c3ccc(N4CCN(c5ccc(OC)nc5)CC4)nc3)c12. The number of aryl methyl sites for hydroxylation is 1. The summed E-state index contributed by atoms with van der Waals surface area (Å²) in [6.45, 7) is 5.50. The molecule has 1 saturated heterocycles. The molecule has 6 rings (SSSR count). The Bertz CT molecular complexity index is 1630. The predicted molar refractivity (Wildman–Crippen MR) is 152 cm³/mol. The Morgan fingerprint density at radius 1 is 0.875 bits per heavy atom. The zero-order valence-electron chi connectivity index (χ0n) is 22.7. The van der Waals surface area contributed by atoms with Crippen molar-refractivity contribution < 1.29 is 14.3 Å². The van der Waals surface area contributed by atoms with Gasteiger partial charge in [0, 0.05) is 80.1 Å². The molecule has 0 unspecified atom stereocenters. The standard InChI is InChI=1S/C29H30N8O3/c1-4-40-29(38)25-17-33-37-19-21(22-15-32-34(2)18-22)13-24(28(25)37)20-5-7-26(30-14-20)36-11-9-35(10-12-36)23-6-8-27(39-3)31-16-23/h5-8,13-19H,4,9-12H2,1-3H3. The number of ether oxygens (including phenoxy) is 2. The summed E-state index contributed by atoms with van der Waals surface area (Å²) in [4.78, 5) is 26.5. The van der Waals surface area contributed by atoms with E-state index >= 15 is 0 Å². The van der Waals surface area contributed by atoms with Crippen LogP contribution in [-0.2, 0) is 11.8 Å². The van der Waals surface area contributed by atoms with Crippen LogP contribution in [0.25, 0.3) is 27.8 Å². The van der Waals surface area contributed by atoms with Crippen molar-refractivity contribution in [2.45, 2.75) is 6.92 Å². The second-order valence-electron chi connectivity index (χ2n) is 9.55. The van der Waals surface area contributed by atoms with Crippen LogP contribution in [0.3, 0.4) is 0 Å². The lowest BCUT2D eigenvalue weighted by Gasteiger charge is -2.36. The van der Waals surface area contributed by atoms with Gasteiger partial charge >= 0.3 is 5.97 Å². The summed E-state index contributed by atoms with van der Waals surface area (Å²) in [5.41, 5.74) is 5.80. The molecular weight excluding hydrogens is 508 g/mol. The first-order valence-electron chi connectivity index (χ1n) is 13.2. The van der Waals surface area contributed by atoms with Crippen molar-refractivity contribution in [3.8, 4) is 28.1 Å². The molecule has 6 heterocycles. The molecule has 0 saturated carbocycles. The van der Waals surface area contributed by atoms with Crippen molar-refractivity contribution in [2.75, 3.05) is 49.7 Å². The van der Waals surface area contributed by atoms with Gasteiger partial charge in [-0.3, -0.25) is 4.68 Å². The molecule has 40 heavy (non-hydrogen) atoms. The molecule has 0 N–H and O–H groups in total. The summed E-state index contributed by atoms with van der Waals surface area (Å²) < 4.78 is 14.0. The van der Waals surface area contributed by atoms with E-state index in [-0.39, 0.29) is 6.61 Å². The van der Waals surface area contributed by atoms with Gasteiger partial charge in [-0.15, -0.1) is 0 Å². The molecule has 5 aromatic heterocycles. The predicted octanol–water partition coefficient (Wildman–Crippen LogP) is 3.70. The summed E-state index contributed by atoms with van der Waals surface area (Å²) in [7, 11) is 3.50. The lowest BCUT2D eigenvalue weighted by atomic mass is 10.0. The van der Waals surface area contributed by atoms with E-state index < -0.39 is 5.97 Å². The Labute approximate surface area is 231 Å². The molecule has 5 aromatic rings. The van der Waals surface area contributed by atoms with Crippen molar-refractivity contribution in [1.82, 2.24) is 29.4 Å². The molecule has 0 bridgehead atoms. The van der Waals surface area contributed by atoms with Gasteiger partial charge in [-0.25, -0.2) is 19.3 Å². The Balaban J connectivity index is 1.28. The van der Waals surface area contributed by atoms with E-state index in [1.807, 2.05) is 62.3 Å². The summed E-state index contributed by atoms with van der Waals surface area (Å²) >= 11 is 0. The molecular formula is C29H30N8O3. The first-order chi connectivity index (χ1) is 19.5. The molecule has 1 fully saturated rings. The van der Waals surface area contributed by atoms with Crippen molar-refractivity contribution >= 4 is 23.0 Å². The highest BCUT2D eigenvalue weighted by molar-refractivity contribution is 6.02. The van der Waals surface area contributed by atoms with Crippen LogP contribution in [0.15, 0.2) is 67.5 Å². The highest BCUT2D eigenvalue weighted by atomic mass is 16.5. The van der Waals surface area contributed by atoms with E-state index in [1.54, 1.807) is 29.4 Å². The summed E-state index contributed by atoms with van der Waals surface area (Å²) in [6.07, 6.45) is 10.9. The van der Waals surface area contributed by atoms with Gasteiger partial charge in [0.1, 0.15) is 11.4 Å². The second kappa shape index (κ2) is 10.7. The highest BCUT2D eigenvalue weighted by Crippen LogP contribution is 2.33. The topological polar surface area (TPSA) is 103 Å². The number of anilines is 2. The Hall–Kier alpha value is -4.93. The van der Waals surface area contributed by atoms with Crippen LogP contribution in [0.2, 0.25) is 0 Å². The van der Waals surface area contributed by atoms with E-state index in [0.29, 0.717) is 17.0 Å². The second-order valence-corrected chi connectivity index (χ2v) is 9.55. The smallest absolute Gasteiger partial charge is 0.342 e. The van der Waals surface area contributed by atoms with Gasteiger partial charge in [0.2, 0.25) is 5.88 Å². The number of hydrogen-bond donors (Lipinski definition) is 0. The normalized spacial score (nSPS) is 13.6. The minimum Gasteiger partial charge on any atom is -0.481 e. The molecule has 11 heteroatoms. The van der Waals surface area contributed by atoms with E-state index in [2.05, 4.69) is 31.0 Å². The van der Waals surface area contributed by atoms with Crippen molar-refractivity contribution in [2.24, 2.45) is 7.05 Å². The minimum atomic E-state index is -0.401. The average Bonchev–Trinajstić information content (AvgIpc) is 3.63. The van der Waals surface area contributed by atoms with Crippen LogP contribution in [0.5, 0.6) is 5.88 Å². The highest BCUT2D eigenvalue weighted by Gasteiger charge is 2.22. The molecule has 11 nitrogen and oxygen atoms in total. The number of pyridine rings is 3. The summed E-state index contributed by atoms with van der Waals surface area (Å²) in [5, 5.41) is 8.79. The molecule has 0 atom stereocenters. The van der Waals surface area contributed by atoms with Gasteiger partial charge in [0.15, 0.2) is 0 Å². The molecule has 0 aliphatic carbocycles. The Morgan fingerprint density at radius 3 is 2.35 bits per heavy atom. The number of methoxy groups -OCH3 is 1. The third kappa shape index (κ3) is 4.81.